The van der Waals surface area contributed by atoms with Crippen molar-refractivity contribution in [2.75, 3.05) is 13.1 Å². The third kappa shape index (κ3) is 3.68. The van der Waals surface area contributed by atoms with E-state index in [2.05, 4.69) is 69.1 Å². The molecule has 3 heteroatoms. The van der Waals surface area contributed by atoms with Gasteiger partial charge in [-0.2, -0.15) is 0 Å². The van der Waals surface area contributed by atoms with Crippen LogP contribution in [-0.4, -0.2) is 32.4 Å². The van der Waals surface area contributed by atoms with Crippen LogP contribution in [0.1, 0.15) is 26.3 Å². The molecule has 0 radical (unpaired) electrons. The maximum absolute atomic E-state index is 6.40. The van der Waals surface area contributed by atoms with Crippen LogP contribution < -0.4 is 0 Å². The third-order valence-corrected chi connectivity index (χ3v) is 8.98. The van der Waals surface area contributed by atoms with E-state index in [1.807, 2.05) is 0 Å². The Labute approximate surface area is 118 Å². The van der Waals surface area contributed by atoms with Crippen molar-refractivity contribution in [1.82, 2.24) is 4.90 Å². The molecule has 0 bridgehead atoms. The molecule has 0 aromatic heterocycles. The van der Waals surface area contributed by atoms with Crippen LogP contribution >= 0.6 is 0 Å². The van der Waals surface area contributed by atoms with Gasteiger partial charge in [0, 0.05) is 19.6 Å². The second-order valence-corrected chi connectivity index (χ2v) is 11.9. The van der Waals surface area contributed by atoms with Crippen molar-refractivity contribution in [3.8, 4) is 0 Å². The van der Waals surface area contributed by atoms with Gasteiger partial charge >= 0.3 is 0 Å². The van der Waals surface area contributed by atoms with E-state index in [4.69, 9.17) is 4.43 Å². The van der Waals surface area contributed by atoms with E-state index < -0.39 is 8.32 Å². The quantitative estimate of drug-likeness (QED) is 0.774. The highest BCUT2D eigenvalue weighted by molar-refractivity contribution is 6.74. The van der Waals surface area contributed by atoms with Crippen LogP contribution in [0.15, 0.2) is 30.3 Å². The lowest BCUT2D eigenvalue weighted by Crippen LogP contribution is -2.57. The van der Waals surface area contributed by atoms with Crippen LogP contribution in [-0.2, 0) is 11.0 Å². The highest BCUT2D eigenvalue weighted by atomic mass is 28.4. The summed E-state index contributed by atoms with van der Waals surface area (Å²) in [5, 5.41) is 0.312. The summed E-state index contributed by atoms with van der Waals surface area (Å²) in [6.45, 7) is 14.8. The first kappa shape index (κ1) is 14.8. The zero-order valence-corrected chi connectivity index (χ0v) is 13.9. The Kier molecular flexibility index (Phi) is 4.19. The molecule has 0 saturated carbocycles. The predicted octanol–water partition coefficient (Wildman–Crippen LogP) is 3.89. The molecule has 1 heterocycles. The van der Waals surface area contributed by atoms with Gasteiger partial charge < -0.3 is 4.43 Å². The average Bonchev–Trinajstić information content (AvgIpc) is 2.25. The van der Waals surface area contributed by atoms with E-state index in [9.17, 15) is 0 Å². The minimum atomic E-state index is -1.59. The van der Waals surface area contributed by atoms with Crippen LogP contribution in [0.5, 0.6) is 0 Å². The molecule has 2 rings (SSSR count). The standard InChI is InChI=1S/C16H27NOSi/c1-16(2,3)19(4,5)18-15-12-17(13-15)11-14-9-7-6-8-10-14/h6-10,15H,11-13H2,1-5H3. The second-order valence-electron chi connectivity index (χ2n) is 7.18. The van der Waals surface area contributed by atoms with Crippen LogP contribution in [0.4, 0.5) is 0 Å². The number of nitrogens with zero attached hydrogens (tertiary/aromatic N) is 1. The van der Waals surface area contributed by atoms with E-state index in [1.165, 1.54) is 5.56 Å². The average molecular weight is 277 g/mol. The molecule has 1 saturated heterocycles. The maximum Gasteiger partial charge on any atom is 0.192 e. The van der Waals surface area contributed by atoms with E-state index in [0.29, 0.717) is 11.1 Å². The van der Waals surface area contributed by atoms with Crippen molar-refractivity contribution in [2.24, 2.45) is 0 Å². The Morgan fingerprint density at radius 3 is 2.26 bits per heavy atom. The fourth-order valence-electron chi connectivity index (χ4n) is 2.16. The van der Waals surface area contributed by atoms with E-state index >= 15 is 0 Å². The van der Waals surface area contributed by atoms with E-state index in [1.54, 1.807) is 0 Å². The van der Waals surface area contributed by atoms with Crippen molar-refractivity contribution in [1.29, 1.82) is 0 Å². The van der Waals surface area contributed by atoms with Gasteiger partial charge in [-0.3, -0.25) is 4.90 Å². The van der Waals surface area contributed by atoms with Crippen molar-refractivity contribution in [2.45, 2.75) is 51.6 Å². The molecule has 0 unspecified atom stereocenters. The van der Waals surface area contributed by atoms with Gasteiger partial charge in [0.15, 0.2) is 8.32 Å². The highest BCUT2D eigenvalue weighted by Gasteiger charge is 2.41. The summed E-state index contributed by atoms with van der Waals surface area (Å²) in [6, 6.07) is 10.7. The van der Waals surface area contributed by atoms with E-state index in [0.717, 1.165) is 19.6 Å². The second kappa shape index (κ2) is 5.39. The Balaban J connectivity index is 1.78. The van der Waals surface area contributed by atoms with Crippen molar-refractivity contribution < 1.29 is 4.43 Å². The number of benzene rings is 1. The lowest BCUT2D eigenvalue weighted by atomic mass is 10.1. The summed E-state index contributed by atoms with van der Waals surface area (Å²) in [6.07, 6.45) is 0.449. The molecule has 0 atom stereocenters. The highest BCUT2D eigenvalue weighted by Crippen LogP contribution is 2.38. The molecule has 1 fully saturated rings. The predicted molar refractivity (Wildman–Crippen MR) is 83.8 cm³/mol. The summed E-state index contributed by atoms with van der Waals surface area (Å²) in [5.41, 5.74) is 1.40. The normalized spacial score (nSPS) is 18.4. The molecular weight excluding hydrogens is 250 g/mol. The first-order chi connectivity index (χ1) is 8.78. The summed E-state index contributed by atoms with van der Waals surface area (Å²) in [5.74, 6) is 0. The largest absolute Gasteiger partial charge is 0.411 e. The van der Waals surface area contributed by atoms with Gasteiger partial charge in [0.05, 0.1) is 6.10 Å². The molecule has 106 valence electrons. The van der Waals surface area contributed by atoms with Crippen LogP contribution in [0.3, 0.4) is 0 Å². The fraction of sp³-hybridized carbons (Fsp3) is 0.625. The molecule has 0 amide bonds. The molecule has 1 aromatic carbocycles. The van der Waals surface area contributed by atoms with Gasteiger partial charge in [-0.15, -0.1) is 0 Å². The third-order valence-electron chi connectivity index (χ3n) is 4.44. The monoisotopic (exact) mass is 277 g/mol. The SMILES string of the molecule is CC(C)(C)[Si](C)(C)OC1CN(Cc2ccccc2)C1. The summed E-state index contributed by atoms with van der Waals surface area (Å²) < 4.78 is 6.40. The van der Waals surface area contributed by atoms with Gasteiger partial charge in [0.1, 0.15) is 0 Å². The van der Waals surface area contributed by atoms with Crippen molar-refractivity contribution in [3.05, 3.63) is 35.9 Å². The first-order valence-corrected chi connectivity index (χ1v) is 10.1. The Morgan fingerprint density at radius 1 is 1.16 bits per heavy atom. The number of rotatable bonds is 4. The Morgan fingerprint density at radius 2 is 1.74 bits per heavy atom. The van der Waals surface area contributed by atoms with Crippen LogP contribution in [0, 0.1) is 0 Å². The van der Waals surface area contributed by atoms with Crippen LogP contribution in [0.25, 0.3) is 0 Å². The lowest BCUT2D eigenvalue weighted by molar-refractivity contribution is 0.00563. The fourth-order valence-corrected chi connectivity index (χ4v) is 3.50. The zero-order chi connectivity index (χ0) is 14.1. The molecule has 0 N–H and O–H groups in total. The molecule has 2 nitrogen and oxygen atoms in total. The van der Waals surface area contributed by atoms with E-state index in [-0.39, 0.29) is 0 Å². The smallest absolute Gasteiger partial charge is 0.192 e. The van der Waals surface area contributed by atoms with Gasteiger partial charge in [0.25, 0.3) is 0 Å². The van der Waals surface area contributed by atoms with Crippen molar-refractivity contribution in [3.63, 3.8) is 0 Å². The van der Waals surface area contributed by atoms with Gasteiger partial charge in [-0.1, -0.05) is 51.1 Å². The number of hydrogen-bond acceptors (Lipinski definition) is 2. The van der Waals surface area contributed by atoms with Crippen molar-refractivity contribution >= 4 is 8.32 Å². The number of likely N-dealkylation sites (tertiary alicyclic amines) is 1. The molecule has 0 spiro atoms. The van der Waals surface area contributed by atoms with Crippen LogP contribution in [0.2, 0.25) is 18.1 Å². The maximum atomic E-state index is 6.40. The first-order valence-electron chi connectivity index (χ1n) is 7.22. The van der Waals surface area contributed by atoms with Gasteiger partial charge in [-0.05, 0) is 23.7 Å². The van der Waals surface area contributed by atoms with Gasteiger partial charge in [-0.25, -0.2) is 0 Å². The summed E-state index contributed by atoms with van der Waals surface area (Å²) in [4.78, 5) is 2.47. The van der Waals surface area contributed by atoms with Gasteiger partial charge in [0.2, 0.25) is 0 Å². The molecule has 1 aliphatic rings. The molecule has 1 aromatic rings. The lowest BCUT2D eigenvalue weighted by Gasteiger charge is -2.46. The summed E-state index contributed by atoms with van der Waals surface area (Å²) in [7, 11) is -1.59. The molecular formula is C16H27NOSi. The molecule has 1 aliphatic heterocycles. The minimum absolute atomic E-state index is 0.312. The Bertz CT molecular complexity index is 405. The topological polar surface area (TPSA) is 12.5 Å². The minimum Gasteiger partial charge on any atom is -0.411 e. The molecule has 19 heavy (non-hydrogen) atoms. The zero-order valence-electron chi connectivity index (χ0n) is 12.9. The molecule has 0 aliphatic carbocycles. The number of hydrogen-bond donors (Lipinski definition) is 0. The summed E-state index contributed by atoms with van der Waals surface area (Å²) >= 11 is 0. The Hall–Kier alpha value is -0.643.